The molecular weight excluding hydrogens is 743 g/mol. The molecule has 6 nitrogen and oxygen atoms in total. The fourth-order valence-electron chi connectivity index (χ4n) is 8.10. The van der Waals surface area contributed by atoms with Crippen molar-refractivity contribution in [3.05, 3.63) is 24.3 Å². The summed E-state index contributed by atoms with van der Waals surface area (Å²) in [4.78, 5) is 24.5. The summed E-state index contributed by atoms with van der Waals surface area (Å²) >= 11 is 0. The molecule has 0 aromatic heterocycles. The number of rotatable bonds is 49. The van der Waals surface area contributed by atoms with Crippen LogP contribution in [-0.2, 0) is 14.3 Å². The van der Waals surface area contributed by atoms with Crippen LogP contribution >= 0.6 is 0 Å². The van der Waals surface area contributed by atoms with Gasteiger partial charge in [-0.15, -0.1) is 0 Å². The molecule has 0 fully saturated rings. The van der Waals surface area contributed by atoms with Crippen LogP contribution in [0.2, 0.25) is 0 Å². The number of ether oxygens (including phenoxy) is 1. The predicted octanol–water partition coefficient (Wildman–Crippen LogP) is 15.9. The van der Waals surface area contributed by atoms with Crippen LogP contribution in [0, 0.1) is 0 Å². The first-order valence-electron chi connectivity index (χ1n) is 26.6. The normalized spacial score (nSPS) is 12.8. The van der Waals surface area contributed by atoms with E-state index in [1.54, 1.807) is 0 Å². The Balaban J connectivity index is 3.45. The number of amides is 1. The molecule has 0 aliphatic carbocycles. The zero-order valence-corrected chi connectivity index (χ0v) is 40.2. The quantitative estimate of drug-likeness (QED) is 0.0322. The van der Waals surface area contributed by atoms with Crippen LogP contribution in [0.15, 0.2) is 24.3 Å². The Morgan fingerprint density at radius 2 is 0.783 bits per heavy atom. The molecule has 0 saturated heterocycles. The molecule has 0 aliphatic rings. The fraction of sp³-hybridized carbons (Fsp3) is 0.889. The Labute approximate surface area is 373 Å². The maximum atomic E-state index is 12.4. The third-order valence-electron chi connectivity index (χ3n) is 12.2. The summed E-state index contributed by atoms with van der Waals surface area (Å²) in [5.74, 6) is -0.0652. The predicted molar refractivity (Wildman–Crippen MR) is 260 cm³/mol. The summed E-state index contributed by atoms with van der Waals surface area (Å²) in [6.45, 7) is 4.90. The summed E-state index contributed by atoms with van der Waals surface area (Å²) in [7, 11) is 0. The van der Waals surface area contributed by atoms with Crippen LogP contribution in [0.25, 0.3) is 0 Å². The second-order valence-corrected chi connectivity index (χ2v) is 18.2. The lowest BCUT2D eigenvalue weighted by molar-refractivity contribution is -0.143. The highest BCUT2D eigenvalue weighted by Gasteiger charge is 2.20. The lowest BCUT2D eigenvalue weighted by atomic mass is 10.0. The van der Waals surface area contributed by atoms with Gasteiger partial charge in [0, 0.05) is 12.8 Å². The van der Waals surface area contributed by atoms with Crippen LogP contribution in [0.4, 0.5) is 0 Å². The lowest BCUT2D eigenvalue weighted by Gasteiger charge is -2.22. The van der Waals surface area contributed by atoms with Gasteiger partial charge < -0.3 is 20.3 Å². The van der Waals surface area contributed by atoms with Crippen molar-refractivity contribution < 1.29 is 24.5 Å². The molecule has 1 amide bonds. The van der Waals surface area contributed by atoms with E-state index in [1.807, 2.05) is 0 Å². The van der Waals surface area contributed by atoms with E-state index in [2.05, 4.69) is 43.5 Å². The second kappa shape index (κ2) is 50.0. The van der Waals surface area contributed by atoms with E-state index < -0.39 is 12.1 Å². The maximum Gasteiger partial charge on any atom is 0.305 e. The summed E-state index contributed by atoms with van der Waals surface area (Å²) in [5.41, 5.74) is 0. The van der Waals surface area contributed by atoms with E-state index in [0.717, 1.165) is 70.6 Å². The van der Waals surface area contributed by atoms with E-state index >= 15 is 0 Å². The van der Waals surface area contributed by atoms with E-state index in [1.165, 1.54) is 180 Å². The van der Waals surface area contributed by atoms with Crippen molar-refractivity contribution >= 4 is 11.9 Å². The Bertz CT molecular complexity index is 935. The highest BCUT2D eigenvalue weighted by atomic mass is 16.5. The van der Waals surface area contributed by atoms with Gasteiger partial charge in [-0.25, -0.2) is 0 Å². The third-order valence-corrected chi connectivity index (χ3v) is 12.2. The van der Waals surface area contributed by atoms with Crippen LogP contribution in [0.1, 0.15) is 284 Å². The number of carbonyl (C=O) groups excluding carboxylic acids is 2. The average molecular weight is 846 g/mol. The van der Waals surface area contributed by atoms with Gasteiger partial charge in [-0.2, -0.15) is 0 Å². The SMILES string of the molecule is CCCCCCCC/C=C\CCCCCCCCCC(=O)OCCCCCC/C=C\CCCCCCCCCC(=O)NC(CO)C(O)CCCCCCCCCCCCC. The van der Waals surface area contributed by atoms with Crippen LogP contribution < -0.4 is 5.32 Å². The molecule has 0 rings (SSSR count). The van der Waals surface area contributed by atoms with Gasteiger partial charge in [-0.3, -0.25) is 9.59 Å². The molecule has 0 radical (unpaired) electrons. The summed E-state index contributed by atoms with van der Waals surface area (Å²) in [6.07, 6.45) is 58.7. The zero-order chi connectivity index (χ0) is 43.7. The highest BCUT2D eigenvalue weighted by Crippen LogP contribution is 2.16. The summed E-state index contributed by atoms with van der Waals surface area (Å²) in [5, 5.41) is 23.1. The molecule has 60 heavy (non-hydrogen) atoms. The molecule has 354 valence electrons. The number of hydrogen-bond donors (Lipinski definition) is 3. The van der Waals surface area contributed by atoms with Crippen LogP contribution in [0.5, 0.6) is 0 Å². The highest BCUT2D eigenvalue weighted by molar-refractivity contribution is 5.76. The number of aliphatic hydroxyl groups excluding tert-OH is 2. The Hall–Kier alpha value is -1.66. The molecule has 2 atom stereocenters. The lowest BCUT2D eigenvalue weighted by Crippen LogP contribution is -2.45. The minimum atomic E-state index is -0.672. The van der Waals surface area contributed by atoms with Crippen molar-refractivity contribution in [1.29, 1.82) is 0 Å². The van der Waals surface area contributed by atoms with Gasteiger partial charge in [-0.05, 0) is 77.0 Å². The second-order valence-electron chi connectivity index (χ2n) is 18.2. The van der Waals surface area contributed by atoms with E-state index in [4.69, 9.17) is 4.74 Å². The first-order chi connectivity index (χ1) is 29.5. The van der Waals surface area contributed by atoms with E-state index in [-0.39, 0.29) is 18.5 Å². The number of allylic oxidation sites excluding steroid dienone is 4. The molecule has 0 bridgehead atoms. The summed E-state index contributed by atoms with van der Waals surface area (Å²) in [6, 6.07) is -0.551. The van der Waals surface area contributed by atoms with Crippen molar-refractivity contribution in [1.82, 2.24) is 5.32 Å². The number of nitrogens with one attached hydrogen (secondary N) is 1. The molecule has 0 spiro atoms. The number of hydrogen-bond acceptors (Lipinski definition) is 5. The first kappa shape index (κ1) is 58.3. The van der Waals surface area contributed by atoms with E-state index in [0.29, 0.717) is 25.9 Å². The molecule has 3 N–H and O–H groups in total. The molecule has 6 heteroatoms. The third kappa shape index (κ3) is 45.9. The minimum absolute atomic E-state index is 0.0136. The topological polar surface area (TPSA) is 95.9 Å². The van der Waals surface area contributed by atoms with E-state index in [9.17, 15) is 19.8 Å². The Morgan fingerprint density at radius 1 is 0.450 bits per heavy atom. The van der Waals surface area contributed by atoms with Gasteiger partial charge in [-0.1, -0.05) is 218 Å². The van der Waals surface area contributed by atoms with Crippen molar-refractivity contribution in [2.45, 2.75) is 296 Å². The molecule has 0 aliphatic heterocycles. The van der Waals surface area contributed by atoms with Crippen molar-refractivity contribution in [3.8, 4) is 0 Å². The fourth-order valence-corrected chi connectivity index (χ4v) is 8.10. The molecular formula is C54H103NO5. The molecule has 0 aromatic rings. The number of esters is 1. The monoisotopic (exact) mass is 846 g/mol. The average Bonchev–Trinajstić information content (AvgIpc) is 3.25. The standard InChI is InChI=1S/C54H103NO5/c1-3-5-7-9-11-13-15-16-17-18-21-24-28-32-36-40-44-48-54(59)60-49-45-41-37-33-29-25-22-19-20-23-27-31-35-39-43-47-53(58)55-51(50-56)52(57)46-42-38-34-30-26-14-12-10-8-6-4-2/h16-17,22,25,51-52,56-57H,3-15,18-21,23-24,26-50H2,1-2H3,(H,55,58)/b17-16-,25-22-. The number of aliphatic hydroxyl groups is 2. The maximum absolute atomic E-state index is 12.4. The van der Waals surface area contributed by atoms with Crippen LogP contribution in [-0.4, -0.2) is 47.4 Å². The largest absolute Gasteiger partial charge is 0.466 e. The van der Waals surface area contributed by atoms with Gasteiger partial charge in [0.1, 0.15) is 0 Å². The smallest absolute Gasteiger partial charge is 0.305 e. The van der Waals surface area contributed by atoms with Crippen molar-refractivity contribution in [3.63, 3.8) is 0 Å². The van der Waals surface area contributed by atoms with Gasteiger partial charge in [0.25, 0.3) is 0 Å². The van der Waals surface area contributed by atoms with Gasteiger partial charge in [0.2, 0.25) is 5.91 Å². The molecule has 0 aromatic carbocycles. The summed E-state index contributed by atoms with van der Waals surface area (Å²) < 4.78 is 5.46. The van der Waals surface area contributed by atoms with Crippen molar-refractivity contribution in [2.24, 2.45) is 0 Å². The molecule has 0 heterocycles. The Morgan fingerprint density at radius 3 is 1.18 bits per heavy atom. The number of carbonyl (C=O) groups is 2. The van der Waals surface area contributed by atoms with Crippen molar-refractivity contribution in [2.75, 3.05) is 13.2 Å². The number of unbranched alkanes of at least 4 members (excludes halogenated alkanes) is 34. The van der Waals surface area contributed by atoms with Crippen LogP contribution in [0.3, 0.4) is 0 Å². The van der Waals surface area contributed by atoms with Gasteiger partial charge in [0.15, 0.2) is 0 Å². The van der Waals surface area contributed by atoms with Gasteiger partial charge >= 0.3 is 5.97 Å². The minimum Gasteiger partial charge on any atom is -0.466 e. The Kier molecular flexibility index (Phi) is 48.6. The first-order valence-corrected chi connectivity index (χ1v) is 26.6. The molecule has 2 unspecified atom stereocenters. The van der Waals surface area contributed by atoms with Gasteiger partial charge in [0.05, 0.1) is 25.4 Å². The molecule has 0 saturated carbocycles. The zero-order valence-electron chi connectivity index (χ0n) is 40.2.